The Balaban J connectivity index is 1.81. The van der Waals surface area contributed by atoms with E-state index in [-0.39, 0.29) is 5.91 Å². The molecule has 0 aliphatic heterocycles. The molecule has 1 aromatic heterocycles. The van der Waals surface area contributed by atoms with E-state index in [1.807, 2.05) is 43.0 Å². The third-order valence-electron chi connectivity index (χ3n) is 3.44. The third-order valence-corrected chi connectivity index (χ3v) is 3.44. The minimum Gasteiger partial charge on any atom is -0.343 e. The van der Waals surface area contributed by atoms with Crippen LogP contribution in [0.3, 0.4) is 0 Å². The van der Waals surface area contributed by atoms with Gasteiger partial charge in [0.2, 0.25) is 5.91 Å². The number of carbonyl (C=O) groups is 1. The fraction of sp³-hybridized carbons (Fsp3) is 0.438. The minimum atomic E-state index is 0.192. The Morgan fingerprint density at radius 2 is 1.90 bits per heavy atom. The first kappa shape index (κ1) is 15.4. The summed E-state index contributed by atoms with van der Waals surface area (Å²) in [5, 5.41) is 3.25. The molecular weight excluding hydrogens is 264 g/mol. The summed E-state index contributed by atoms with van der Waals surface area (Å²) in [6.45, 7) is 6.82. The summed E-state index contributed by atoms with van der Waals surface area (Å²) in [5.74, 6) is 0.192. The van der Waals surface area contributed by atoms with E-state index in [0.29, 0.717) is 19.5 Å². The summed E-state index contributed by atoms with van der Waals surface area (Å²) >= 11 is 0. The molecule has 0 saturated heterocycles. The Bertz CT molecular complexity index is 596. The molecule has 0 spiro atoms. The molecule has 5 heteroatoms. The van der Waals surface area contributed by atoms with Gasteiger partial charge in [0.05, 0.1) is 22.9 Å². The molecule has 1 aromatic carbocycles. The quantitative estimate of drug-likeness (QED) is 0.791. The Kier molecular flexibility index (Phi) is 5.63. The molecule has 0 aliphatic rings. The van der Waals surface area contributed by atoms with E-state index >= 15 is 0 Å². The maximum absolute atomic E-state index is 11.8. The van der Waals surface area contributed by atoms with Crippen LogP contribution in [0.15, 0.2) is 30.5 Å². The van der Waals surface area contributed by atoms with Gasteiger partial charge >= 0.3 is 0 Å². The van der Waals surface area contributed by atoms with Gasteiger partial charge in [-0.1, -0.05) is 12.1 Å². The summed E-state index contributed by atoms with van der Waals surface area (Å²) < 4.78 is 0. The fourth-order valence-electron chi connectivity index (χ4n) is 2.23. The second-order valence-corrected chi connectivity index (χ2v) is 4.84. The maximum Gasteiger partial charge on any atom is 0.223 e. The van der Waals surface area contributed by atoms with E-state index in [1.165, 1.54) is 0 Å². The average molecular weight is 286 g/mol. The smallest absolute Gasteiger partial charge is 0.223 e. The van der Waals surface area contributed by atoms with Crippen molar-refractivity contribution >= 4 is 16.9 Å². The molecule has 1 N–H and O–H groups in total. The maximum atomic E-state index is 11.8. The largest absolute Gasteiger partial charge is 0.343 e. The highest BCUT2D eigenvalue weighted by atomic mass is 16.2. The molecule has 0 fully saturated rings. The van der Waals surface area contributed by atoms with Crippen molar-refractivity contribution in [2.45, 2.75) is 26.8 Å². The Hall–Kier alpha value is -2.01. The highest BCUT2D eigenvalue weighted by molar-refractivity contribution is 5.76. The molecule has 1 heterocycles. The van der Waals surface area contributed by atoms with Crippen LogP contribution < -0.4 is 5.32 Å². The van der Waals surface area contributed by atoms with Gasteiger partial charge in [0.15, 0.2) is 0 Å². The van der Waals surface area contributed by atoms with Crippen LogP contribution in [0.2, 0.25) is 0 Å². The number of nitrogens with zero attached hydrogens (tertiary/aromatic N) is 3. The molecule has 0 saturated carbocycles. The molecule has 0 unspecified atom stereocenters. The number of nitrogens with one attached hydrogen (secondary N) is 1. The van der Waals surface area contributed by atoms with Crippen LogP contribution in [0.5, 0.6) is 0 Å². The molecule has 0 aliphatic carbocycles. The molecule has 2 rings (SSSR count). The Morgan fingerprint density at radius 3 is 2.62 bits per heavy atom. The van der Waals surface area contributed by atoms with E-state index in [2.05, 4.69) is 15.3 Å². The number of hydrogen-bond donors (Lipinski definition) is 1. The topological polar surface area (TPSA) is 58.1 Å². The third kappa shape index (κ3) is 4.23. The van der Waals surface area contributed by atoms with Crippen LogP contribution in [-0.4, -0.2) is 40.4 Å². The Morgan fingerprint density at radius 1 is 1.19 bits per heavy atom. The van der Waals surface area contributed by atoms with Gasteiger partial charge in [-0.15, -0.1) is 0 Å². The highest BCUT2D eigenvalue weighted by Crippen LogP contribution is 2.08. The van der Waals surface area contributed by atoms with Crippen LogP contribution >= 0.6 is 0 Å². The van der Waals surface area contributed by atoms with Gasteiger partial charge in [0.25, 0.3) is 0 Å². The first-order valence-corrected chi connectivity index (χ1v) is 7.43. The van der Waals surface area contributed by atoms with Crippen molar-refractivity contribution in [2.75, 3.05) is 19.6 Å². The molecule has 2 aromatic rings. The number of para-hydroxylation sites is 2. The van der Waals surface area contributed by atoms with E-state index < -0.39 is 0 Å². The number of aromatic nitrogens is 2. The van der Waals surface area contributed by atoms with Crippen molar-refractivity contribution in [3.63, 3.8) is 0 Å². The van der Waals surface area contributed by atoms with E-state index in [9.17, 15) is 4.79 Å². The van der Waals surface area contributed by atoms with Crippen LogP contribution in [0.25, 0.3) is 11.0 Å². The lowest BCUT2D eigenvalue weighted by Gasteiger charge is -2.18. The lowest BCUT2D eigenvalue weighted by atomic mass is 10.3. The van der Waals surface area contributed by atoms with Crippen LogP contribution in [0, 0.1) is 0 Å². The summed E-state index contributed by atoms with van der Waals surface area (Å²) in [5.41, 5.74) is 2.69. The van der Waals surface area contributed by atoms with Crippen molar-refractivity contribution in [2.24, 2.45) is 0 Å². The number of benzene rings is 1. The van der Waals surface area contributed by atoms with Gasteiger partial charge in [-0.2, -0.15) is 0 Å². The number of rotatable bonds is 7. The standard InChI is InChI=1S/C16H22N4O/c1-3-20(4-2)16(21)9-10-17-11-13-12-18-14-7-5-6-8-15(14)19-13/h5-8,12,17H,3-4,9-11H2,1-2H3. The summed E-state index contributed by atoms with van der Waals surface area (Å²) in [6.07, 6.45) is 2.30. The van der Waals surface area contributed by atoms with Crippen molar-refractivity contribution in [1.29, 1.82) is 0 Å². The van der Waals surface area contributed by atoms with Gasteiger partial charge in [-0.25, -0.2) is 4.98 Å². The van der Waals surface area contributed by atoms with Crippen LogP contribution in [-0.2, 0) is 11.3 Å². The first-order valence-electron chi connectivity index (χ1n) is 7.43. The number of amides is 1. The predicted octanol–water partition coefficient (Wildman–Crippen LogP) is 1.98. The second-order valence-electron chi connectivity index (χ2n) is 4.84. The van der Waals surface area contributed by atoms with E-state index in [0.717, 1.165) is 29.8 Å². The summed E-state index contributed by atoms with van der Waals surface area (Å²) in [4.78, 5) is 22.6. The van der Waals surface area contributed by atoms with Crippen molar-refractivity contribution in [3.8, 4) is 0 Å². The van der Waals surface area contributed by atoms with E-state index in [4.69, 9.17) is 0 Å². The number of hydrogen-bond acceptors (Lipinski definition) is 4. The average Bonchev–Trinajstić information content (AvgIpc) is 2.52. The molecule has 112 valence electrons. The van der Waals surface area contributed by atoms with Gasteiger partial charge < -0.3 is 10.2 Å². The minimum absolute atomic E-state index is 0.192. The van der Waals surface area contributed by atoms with Crippen molar-refractivity contribution < 1.29 is 4.79 Å². The zero-order chi connectivity index (χ0) is 15.1. The summed E-state index contributed by atoms with van der Waals surface area (Å²) in [7, 11) is 0. The number of fused-ring (bicyclic) bond motifs is 1. The lowest BCUT2D eigenvalue weighted by Crippen LogP contribution is -2.32. The second kappa shape index (κ2) is 7.69. The molecular formula is C16H22N4O. The molecule has 5 nitrogen and oxygen atoms in total. The Labute approximate surface area is 125 Å². The SMILES string of the molecule is CCN(CC)C(=O)CCNCc1cnc2ccccc2n1. The molecule has 0 atom stereocenters. The fourth-order valence-corrected chi connectivity index (χ4v) is 2.23. The summed E-state index contributed by atoms with van der Waals surface area (Å²) in [6, 6.07) is 7.81. The van der Waals surface area contributed by atoms with Gasteiger partial charge in [-0.05, 0) is 26.0 Å². The van der Waals surface area contributed by atoms with Crippen molar-refractivity contribution in [1.82, 2.24) is 20.2 Å². The van der Waals surface area contributed by atoms with Gasteiger partial charge in [0, 0.05) is 32.6 Å². The molecule has 0 radical (unpaired) electrons. The van der Waals surface area contributed by atoms with Crippen LogP contribution in [0.1, 0.15) is 26.0 Å². The molecule has 1 amide bonds. The molecule has 21 heavy (non-hydrogen) atoms. The predicted molar refractivity (Wildman–Crippen MR) is 83.8 cm³/mol. The van der Waals surface area contributed by atoms with Crippen LogP contribution in [0.4, 0.5) is 0 Å². The van der Waals surface area contributed by atoms with Gasteiger partial charge in [-0.3, -0.25) is 9.78 Å². The van der Waals surface area contributed by atoms with Gasteiger partial charge in [0.1, 0.15) is 0 Å². The first-order chi connectivity index (χ1) is 10.2. The lowest BCUT2D eigenvalue weighted by molar-refractivity contribution is -0.130. The zero-order valence-electron chi connectivity index (χ0n) is 12.7. The van der Waals surface area contributed by atoms with E-state index in [1.54, 1.807) is 6.20 Å². The monoisotopic (exact) mass is 286 g/mol. The molecule has 0 bridgehead atoms. The normalized spacial score (nSPS) is 10.8. The number of carbonyl (C=O) groups excluding carboxylic acids is 1. The zero-order valence-corrected chi connectivity index (χ0v) is 12.7. The highest BCUT2D eigenvalue weighted by Gasteiger charge is 2.08. The van der Waals surface area contributed by atoms with Crippen molar-refractivity contribution in [3.05, 3.63) is 36.2 Å².